The quantitative estimate of drug-likeness (QED) is 0.426. The minimum atomic E-state index is 0. The maximum atomic E-state index is 0. The van der Waals surface area contributed by atoms with Crippen LogP contribution in [0, 0.1) is 40.4 Å². The summed E-state index contributed by atoms with van der Waals surface area (Å²) in [6.45, 7) is 0. The summed E-state index contributed by atoms with van der Waals surface area (Å²) in [5.41, 5.74) is 0. The monoisotopic (exact) mass is 444 g/mol. The van der Waals surface area contributed by atoms with E-state index in [1.54, 1.807) is 0 Å². The summed E-state index contributed by atoms with van der Waals surface area (Å²) in [6, 6.07) is 0. The Morgan fingerprint density at radius 2 is 1.00 bits per heavy atom. The fourth-order valence-electron chi connectivity index (χ4n) is 0. The molecule has 0 atom stereocenters. The summed E-state index contributed by atoms with van der Waals surface area (Å²) in [5, 5.41) is 0. The van der Waals surface area contributed by atoms with Crippen LogP contribution in [0.5, 0.6) is 0 Å². The standard InChI is InChI=1S/Ag.Cu.Sm.Sn.2H. The number of hydrogen-bond donors (Lipinski definition) is 0. The number of hydrogen-bond acceptors (Lipinski definition) is 0. The molecule has 0 aliphatic rings. The van der Waals surface area contributed by atoms with E-state index in [1.165, 1.54) is 0 Å². The average molecular weight is 443 g/mol. The van der Waals surface area contributed by atoms with Gasteiger partial charge in [0.2, 0.25) is 0 Å². The van der Waals surface area contributed by atoms with Crippen LogP contribution in [0.25, 0.3) is 0 Å². The fraction of sp³-hybridized carbons (Fsp3) is 0. The molecular weight excluding hydrogens is 440 g/mol. The molecule has 0 amide bonds. The number of rotatable bonds is 0. The molecule has 0 aromatic heterocycles. The normalized spacial score (nSPS) is 0. The van der Waals surface area contributed by atoms with Crippen molar-refractivity contribution in [1.29, 1.82) is 0 Å². The predicted molar refractivity (Wildman–Crippen MR) is 8.54 cm³/mol. The Morgan fingerprint density at radius 1 is 1.00 bits per heavy atom. The van der Waals surface area contributed by atoms with Crippen molar-refractivity contribution in [3.63, 3.8) is 0 Å². The molecule has 0 bridgehead atoms. The van der Waals surface area contributed by atoms with Crippen molar-refractivity contribution < 1.29 is 79.8 Å². The van der Waals surface area contributed by atoms with Crippen LogP contribution in [-0.4, -0.2) is 23.9 Å². The van der Waals surface area contributed by atoms with Gasteiger partial charge < -0.3 is 0 Å². The molecule has 0 nitrogen and oxygen atoms in total. The van der Waals surface area contributed by atoms with Crippen LogP contribution in [0.3, 0.4) is 0 Å². The van der Waals surface area contributed by atoms with E-state index >= 15 is 0 Å². The summed E-state index contributed by atoms with van der Waals surface area (Å²) in [6.07, 6.45) is 0. The fourth-order valence-corrected chi connectivity index (χ4v) is 0. The summed E-state index contributed by atoms with van der Waals surface area (Å²) < 4.78 is 0. The predicted octanol–water partition coefficient (Wildman–Crippen LogP) is -0.921. The molecule has 0 N–H and O–H groups in total. The van der Waals surface area contributed by atoms with Crippen molar-refractivity contribution in [2.45, 2.75) is 0 Å². The third kappa shape index (κ3) is 9.04. The summed E-state index contributed by atoms with van der Waals surface area (Å²) in [4.78, 5) is 0. The summed E-state index contributed by atoms with van der Waals surface area (Å²) >= 11 is 0. The van der Waals surface area contributed by atoms with Gasteiger partial charge in [0.25, 0.3) is 0 Å². The Balaban J connectivity index is 0. The zero-order chi connectivity index (χ0) is 0. The van der Waals surface area contributed by atoms with Gasteiger partial charge in [-0.15, -0.1) is 0 Å². The molecule has 0 unspecified atom stereocenters. The molecule has 0 aliphatic heterocycles. The second-order valence-corrected chi connectivity index (χ2v) is 0. The first-order chi connectivity index (χ1) is 0. The molecule has 0 rings (SSSR count). The minimum absolute atomic E-state index is 0. The second kappa shape index (κ2) is 16.1. The Labute approximate surface area is 101 Å². The van der Waals surface area contributed by atoms with Crippen LogP contribution in [0.4, 0.5) is 0 Å². The molecule has 34 valence electrons. The zero-order valence-corrected chi connectivity index (χ0v) is 10.8. The topological polar surface area (TPSA) is 0 Å². The van der Waals surface area contributed by atoms with E-state index in [4.69, 9.17) is 0 Å². The van der Waals surface area contributed by atoms with Crippen LogP contribution in [0.15, 0.2) is 0 Å². The molecule has 4 heteroatoms. The van der Waals surface area contributed by atoms with Gasteiger partial charge in [0.05, 0.1) is 0 Å². The molecule has 0 saturated heterocycles. The molecule has 0 saturated carbocycles. The van der Waals surface area contributed by atoms with Gasteiger partial charge in [-0.1, -0.05) is 0 Å². The van der Waals surface area contributed by atoms with Crippen LogP contribution in [0.1, 0.15) is 0 Å². The average Bonchev–Trinajstić information content (AvgIpc) is 0. The van der Waals surface area contributed by atoms with E-state index in [0.717, 1.165) is 0 Å². The van der Waals surface area contributed by atoms with Gasteiger partial charge in [-0.05, 0) is 0 Å². The van der Waals surface area contributed by atoms with Crippen molar-refractivity contribution >= 4 is 23.9 Å². The van der Waals surface area contributed by atoms with Gasteiger partial charge >= 0.3 is 23.9 Å². The molecule has 4 radical (unpaired) electrons. The first-order valence-electron chi connectivity index (χ1n) is 0. The molecule has 0 aromatic carbocycles. The summed E-state index contributed by atoms with van der Waals surface area (Å²) in [7, 11) is 0. The van der Waals surface area contributed by atoms with Crippen molar-refractivity contribution in [1.82, 2.24) is 0 Å². The van der Waals surface area contributed by atoms with Crippen molar-refractivity contribution in [3.05, 3.63) is 0 Å². The van der Waals surface area contributed by atoms with Gasteiger partial charge in [-0.25, -0.2) is 0 Å². The van der Waals surface area contributed by atoms with Crippen LogP contribution < -0.4 is 0 Å². The molecule has 0 aromatic rings. The molecule has 0 fully saturated rings. The molecule has 0 aliphatic carbocycles. The SMILES string of the molecule is [Ag].[Cu].[Sm].[SnH2]. The van der Waals surface area contributed by atoms with E-state index in [9.17, 15) is 0 Å². The van der Waals surface area contributed by atoms with E-state index in [2.05, 4.69) is 0 Å². The third-order valence-corrected chi connectivity index (χ3v) is 0. The molecule has 0 heterocycles. The Kier molecular flexibility index (Phi) is 106. The van der Waals surface area contributed by atoms with Crippen molar-refractivity contribution in [3.8, 4) is 0 Å². The van der Waals surface area contributed by atoms with E-state index in [0.29, 0.717) is 0 Å². The van der Waals surface area contributed by atoms with Crippen molar-refractivity contribution in [2.75, 3.05) is 0 Å². The second-order valence-electron chi connectivity index (χ2n) is 0. The molecular formula is H2AgCuSmSn. The third-order valence-electron chi connectivity index (χ3n) is 0. The van der Waals surface area contributed by atoms with E-state index in [1.807, 2.05) is 0 Å². The maximum absolute atomic E-state index is 0. The summed E-state index contributed by atoms with van der Waals surface area (Å²) in [5.74, 6) is 0. The zero-order valence-electron chi connectivity index (χ0n) is 1.72. The molecule has 0 spiro atoms. The van der Waals surface area contributed by atoms with Crippen molar-refractivity contribution in [2.24, 2.45) is 0 Å². The Morgan fingerprint density at radius 3 is 1.00 bits per heavy atom. The van der Waals surface area contributed by atoms with Crippen LogP contribution in [-0.2, 0) is 39.4 Å². The van der Waals surface area contributed by atoms with E-state index in [-0.39, 0.29) is 104 Å². The first-order valence-corrected chi connectivity index (χ1v) is 0. The van der Waals surface area contributed by atoms with Crippen LogP contribution in [0.2, 0.25) is 0 Å². The van der Waals surface area contributed by atoms with Gasteiger partial charge in [-0.3, -0.25) is 0 Å². The Hall–Kier alpha value is 3.40. The Bertz CT molecular complexity index is 8.00. The van der Waals surface area contributed by atoms with Gasteiger partial charge in [0.15, 0.2) is 0 Å². The van der Waals surface area contributed by atoms with Gasteiger partial charge in [0, 0.05) is 79.8 Å². The van der Waals surface area contributed by atoms with Gasteiger partial charge in [0.1, 0.15) is 0 Å². The first kappa shape index (κ1) is 26.2. The van der Waals surface area contributed by atoms with Gasteiger partial charge in [-0.2, -0.15) is 0 Å². The molecule has 4 heavy (non-hydrogen) atoms. The van der Waals surface area contributed by atoms with E-state index < -0.39 is 0 Å². The van der Waals surface area contributed by atoms with Crippen LogP contribution >= 0.6 is 0 Å².